The van der Waals surface area contributed by atoms with Crippen LogP contribution >= 0.6 is 0 Å². The van der Waals surface area contributed by atoms with Gasteiger partial charge in [0.2, 0.25) is 5.91 Å². The predicted molar refractivity (Wildman–Crippen MR) is 78.3 cm³/mol. The first-order chi connectivity index (χ1) is 10.0. The van der Waals surface area contributed by atoms with Crippen LogP contribution in [0.5, 0.6) is 0 Å². The van der Waals surface area contributed by atoms with Gasteiger partial charge in [0.15, 0.2) is 5.78 Å². The van der Waals surface area contributed by atoms with Crippen molar-refractivity contribution in [2.45, 2.75) is 19.8 Å². The highest BCUT2D eigenvalue weighted by Crippen LogP contribution is 2.19. The van der Waals surface area contributed by atoms with Crippen molar-refractivity contribution in [3.63, 3.8) is 0 Å². The Morgan fingerprint density at radius 2 is 2.24 bits per heavy atom. The number of hydrogen-bond acceptors (Lipinski definition) is 3. The summed E-state index contributed by atoms with van der Waals surface area (Å²) >= 11 is 0. The number of carbonyl (C=O) groups is 2. The lowest BCUT2D eigenvalue weighted by molar-refractivity contribution is -0.130. The number of benzene rings is 1. The number of nitrogens with zero attached hydrogens (tertiary/aromatic N) is 1. The summed E-state index contributed by atoms with van der Waals surface area (Å²) in [6.07, 6.45) is 1.08. The van der Waals surface area contributed by atoms with Crippen LogP contribution in [0.2, 0.25) is 0 Å². The van der Waals surface area contributed by atoms with Crippen LogP contribution in [0.4, 0.5) is 4.39 Å². The molecule has 2 atom stereocenters. The van der Waals surface area contributed by atoms with Gasteiger partial charge in [-0.2, -0.15) is 0 Å². The van der Waals surface area contributed by atoms with Gasteiger partial charge >= 0.3 is 0 Å². The van der Waals surface area contributed by atoms with Gasteiger partial charge in [-0.05, 0) is 31.0 Å². The fourth-order valence-electron chi connectivity index (χ4n) is 2.66. The van der Waals surface area contributed by atoms with Crippen LogP contribution in [-0.4, -0.2) is 36.2 Å². The summed E-state index contributed by atoms with van der Waals surface area (Å²) in [5, 5.41) is 0. The molecule has 2 unspecified atom stereocenters. The monoisotopic (exact) mass is 292 g/mol. The van der Waals surface area contributed by atoms with Crippen LogP contribution in [0.3, 0.4) is 0 Å². The Balaban J connectivity index is 1.93. The van der Waals surface area contributed by atoms with Gasteiger partial charge in [-0.25, -0.2) is 4.39 Å². The largest absolute Gasteiger partial charge is 0.342 e. The molecule has 1 aromatic rings. The Bertz CT molecular complexity index is 533. The normalized spacial score (nSPS) is 19.6. The second kappa shape index (κ2) is 6.80. The predicted octanol–water partition coefficient (Wildman–Crippen LogP) is 1.84. The van der Waals surface area contributed by atoms with E-state index in [1.54, 1.807) is 17.9 Å². The molecule has 1 amide bonds. The van der Waals surface area contributed by atoms with Crippen molar-refractivity contribution in [2.24, 2.45) is 17.6 Å². The van der Waals surface area contributed by atoms with Crippen molar-refractivity contribution in [3.05, 3.63) is 35.6 Å². The van der Waals surface area contributed by atoms with Crippen LogP contribution in [0, 0.1) is 17.7 Å². The maximum Gasteiger partial charge on any atom is 0.223 e. The molecule has 1 saturated heterocycles. The lowest BCUT2D eigenvalue weighted by atomic mass is 9.96. The number of halogens is 1. The summed E-state index contributed by atoms with van der Waals surface area (Å²) in [5.74, 6) is -0.746. The summed E-state index contributed by atoms with van der Waals surface area (Å²) in [4.78, 5) is 26.2. The van der Waals surface area contributed by atoms with Crippen LogP contribution in [0.25, 0.3) is 0 Å². The maximum absolute atomic E-state index is 13.1. The number of ketones is 1. The Morgan fingerprint density at radius 1 is 1.48 bits per heavy atom. The number of likely N-dealkylation sites (tertiary alicyclic amines) is 1. The van der Waals surface area contributed by atoms with Gasteiger partial charge in [-0.3, -0.25) is 9.59 Å². The number of carbonyl (C=O) groups excluding carboxylic acids is 2. The molecule has 0 aliphatic carbocycles. The lowest BCUT2D eigenvalue weighted by Crippen LogP contribution is -2.32. The van der Waals surface area contributed by atoms with Crippen molar-refractivity contribution in [1.82, 2.24) is 4.90 Å². The molecule has 1 aliphatic rings. The third-order valence-corrected chi connectivity index (χ3v) is 4.01. The fraction of sp³-hybridized carbons (Fsp3) is 0.500. The van der Waals surface area contributed by atoms with E-state index in [1.807, 2.05) is 0 Å². The minimum Gasteiger partial charge on any atom is -0.342 e. The molecule has 1 aromatic carbocycles. The third-order valence-electron chi connectivity index (χ3n) is 4.01. The topological polar surface area (TPSA) is 63.4 Å². The summed E-state index contributed by atoms with van der Waals surface area (Å²) in [5.41, 5.74) is 5.92. The van der Waals surface area contributed by atoms with Gasteiger partial charge < -0.3 is 10.6 Å². The molecule has 2 N–H and O–H groups in total. The number of hydrogen-bond donors (Lipinski definition) is 1. The molecule has 5 heteroatoms. The lowest BCUT2D eigenvalue weighted by Gasteiger charge is -2.18. The van der Waals surface area contributed by atoms with Crippen LogP contribution in [0.1, 0.15) is 30.1 Å². The molecular formula is C16H21FN2O2. The van der Waals surface area contributed by atoms with E-state index in [2.05, 4.69) is 0 Å². The second-order valence-electron chi connectivity index (χ2n) is 5.71. The zero-order chi connectivity index (χ0) is 15.4. The number of rotatable bonds is 5. The van der Waals surface area contributed by atoms with Gasteiger partial charge in [0.05, 0.1) is 0 Å². The SMILES string of the molecule is CC(CC(=O)N1CCC(CN)C1)C(=O)c1cccc(F)c1. The first-order valence-corrected chi connectivity index (χ1v) is 7.29. The molecule has 0 aromatic heterocycles. The molecule has 0 bridgehead atoms. The van der Waals surface area contributed by atoms with Gasteiger partial charge in [0, 0.05) is 31.0 Å². The Kier molecular flexibility index (Phi) is 5.07. The smallest absolute Gasteiger partial charge is 0.223 e. The average molecular weight is 292 g/mol. The molecule has 21 heavy (non-hydrogen) atoms. The van der Waals surface area contributed by atoms with E-state index in [-0.39, 0.29) is 18.1 Å². The van der Waals surface area contributed by atoms with E-state index >= 15 is 0 Å². The maximum atomic E-state index is 13.1. The zero-order valence-electron chi connectivity index (χ0n) is 12.2. The summed E-state index contributed by atoms with van der Waals surface area (Å²) in [7, 11) is 0. The molecular weight excluding hydrogens is 271 g/mol. The summed E-state index contributed by atoms with van der Waals surface area (Å²) in [6, 6.07) is 5.59. The van der Waals surface area contributed by atoms with Crippen molar-refractivity contribution >= 4 is 11.7 Å². The van der Waals surface area contributed by atoms with E-state index in [9.17, 15) is 14.0 Å². The Morgan fingerprint density at radius 3 is 2.86 bits per heavy atom. The van der Waals surface area contributed by atoms with Crippen molar-refractivity contribution in [3.8, 4) is 0 Å². The molecule has 0 saturated carbocycles. The highest BCUT2D eigenvalue weighted by atomic mass is 19.1. The fourth-order valence-corrected chi connectivity index (χ4v) is 2.66. The average Bonchev–Trinajstić information content (AvgIpc) is 2.95. The molecule has 2 rings (SSSR count). The first-order valence-electron chi connectivity index (χ1n) is 7.29. The Labute approximate surface area is 124 Å². The molecule has 0 spiro atoms. The standard InChI is InChI=1S/C16H21FN2O2/c1-11(16(21)13-3-2-4-14(17)8-13)7-15(20)19-6-5-12(9-18)10-19/h2-4,8,11-12H,5-7,9-10,18H2,1H3. The van der Waals surface area contributed by atoms with Crippen LogP contribution < -0.4 is 5.73 Å². The molecule has 1 fully saturated rings. The number of nitrogens with two attached hydrogens (primary N) is 1. The highest BCUT2D eigenvalue weighted by Gasteiger charge is 2.27. The van der Waals surface area contributed by atoms with E-state index in [0.29, 0.717) is 31.1 Å². The summed E-state index contributed by atoms with van der Waals surface area (Å²) in [6.45, 7) is 3.68. The van der Waals surface area contributed by atoms with Gasteiger partial charge in [0.25, 0.3) is 0 Å². The van der Waals surface area contributed by atoms with Gasteiger partial charge in [-0.15, -0.1) is 0 Å². The minimum absolute atomic E-state index is 0.0248. The van der Waals surface area contributed by atoms with E-state index in [4.69, 9.17) is 5.73 Å². The minimum atomic E-state index is -0.448. The van der Waals surface area contributed by atoms with Gasteiger partial charge in [-0.1, -0.05) is 19.1 Å². The van der Waals surface area contributed by atoms with E-state index < -0.39 is 11.7 Å². The summed E-state index contributed by atoms with van der Waals surface area (Å²) < 4.78 is 13.1. The van der Waals surface area contributed by atoms with Crippen LogP contribution in [0.15, 0.2) is 24.3 Å². The second-order valence-corrected chi connectivity index (χ2v) is 5.71. The molecule has 1 aliphatic heterocycles. The molecule has 114 valence electrons. The molecule has 4 nitrogen and oxygen atoms in total. The Hall–Kier alpha value is -1.75. The van der Waals surface area contributed by atoms with Crippen molar-refractivity contribution < 1.29 is 14.0 Å². The molecule has 1 heterocycles. The van der Waals surface area contributed by atoms with Crippen molar-refractivity contribution in [2.75, 3.05) is 19.6 Å². The van der Waals surface area contributed by atoms with Crippen LogP contribution in [-0.2, 0) is 4.79 Å². The molecule has 0 radical (unpaired) electrons. The number of amides is 1. The first kappa shape index (κ1) is 15.6. The van der Waals surface area contributed by atoms with E-state index in [1.165, 1.54) is 18.2 Å². The number of Topliss-reactive ketones (excluding diaryl/α,β-unsaturated/α-hetero) is 1. The third kappa shape index (κ3) is 3.88. The quantitative estimate of drug-likeness (QED) is 0.842. The zero-order valence-corrected chi connectivity index (χ0v) is 12.2. The van der Waals surface area contributed by atoms with Crippen molar-refractivity contribution in [1.29, 1.82) is 0 Å². The van der Waals surface area contributed by atoms with E-state index in [0.717, 1.165) is 6.42 Å². The van der Waals surface area contributed by atoms with Gasteiger partial charge in [0.1, 0.15) is 5.82 Å². The highest BCUT2D eigenvalue weighted by molar-refractivity contribution is 5.99.